The summed E-state index contributed by atoms with van der Waals surface area (Å²) in [5.41, 5.74) is 10.2. The molecule has 4 nitrogen and oxygen atoms in total. The van der Waals surface area contributed by atoms with E-state index in [1.54, 1.807) is 24.3 Å². The zero-order valence-electron chi connectivity index (χ0n) is 26.4. The van der Waals surface area contributed by atoms with Crippen molar-refractivity contribution in [1.29, 1.82) is 0 Å². The van der Waals surface area contributed by atoms with Crippen LogP contribution in [-0.2, 0) is 5.41 Å². The van der Waals surface area contributed by atoms with Crippen LogP contribution in [0.15, 0.2) is 146 Å². The topological polar surface area (TPSA) is 43.6 Å². The van der Waals surface area contributed by atoms with Crippen LogP contribution in [0.25, 0.3) is 72.4 Å². The number of nitrogens with zero attached hydrogens (tertiary/aromatic N) is 4. The maximum Gasteiger partial charge on any atom is 0.238 e. The summed E-state index contributed by atoms with van der Waals surface area (Å²) < 4.78 is 30.2. The lowest BCUT2D eigenvalue weighted by molar-refractivity contribution is 0.627. The second kappa shape index (κ2) is 9.77. The monoisotopic (exact) mass is 646 g/mol. The third kappa shape index (κ3) is 3.44. The Morgan fingerprint density at radius 1 is 0.420 bits per heavy atom. The lowest BCUT2D eigenvalue weighted by Crippen LogP contribution is -2.30. The number of hydrogen-bond donors (Lipinski definition) is 0. The molecule has 2 aliphatic rings. The third-order valence-corrected chi connectivity index (χ3v) is 10.6. The van der Waals surface area contributed by atoms with Crippen molar-refractivity contribution in [2.24, 2.45) is 0 Å². The van der Waals surface area contributed by atoms with Crippen LogP contribution in [0.2, 0.25) is 0 Å². The Bertz CT molecular complexity index is 2780. The van der Waals surface area contributed by atoms with Crippen molar-refractivity contribution in [3.63, 3.8) is 0 Å². The molecule has 234 valence electrons. The number of hydrogen-bond acceptors (Lipinski definition) is 3. The van der Waals surface area contributed by atoms with Crippen molar-refractivity contribution in [2.75, 3.05) is 0 Å². The molecule has 0 radical (unpaired) electrons. The van der Waals surface area contributed by atoms with Gasteiger partial charge < -0.3 is 0 Å². The van der Waals surface area contributed by atoms with E-state index in [0.29, 0.717) is 28.7 Å². The normalized spacial score (nSPS) is 13.6. The van der Waals surface area contributed by atoms with Crippen molar-refractivity contribution in [1.82, 2.24) is 19.5 Å². The van der Waals surface area contributed by atoms with E-state index in [1.807, 2.05) is 0 Å². The molecule has 0 N–H and O–H groups in total. The third-order valence-electron chi connectivity index (χ3n) is 10.6. The molecule has 0 saturated heterocycles. The molecule has 2 heterocycles. The average molecular weight is 647 g/mol. The van der Waals surface area contributed by atoms with Crippen LogP contribution in [-0.4, -0.2) is 19.5 Å². The van der Waals surface area contributed by atoms with Crippen LogP contribution in [0.1, 0.15) is 22.3 Å². The van der Waals surface area contributed by atoms with E-state index in [0.717, 1.165) is 21.8 Å². The van der Waals surface area contributed by atoms with Crippen LogP contribution >= 0.6 is 0 Å². The van der Waals surface area contributed by atoms with Gasteiger partial charge in [0.25, 0.3) is 0 Å². The zero-order valence-corrected chi connectivity index (χ0v) is 26.4. The second-order valence-corrected chi connectivity index (χ2v) is 13.0. The highest BCUT2D eigenvalue weighted by molar-refractivity contribution is 6.26. The predicted molar refractivity (Wildman–Crippen MR) is 193 cm³/mol. The van der Waals surface area contributed by atoms with Gasteiger partial charge in [0.15, 0.2) is 11.6 Å². The maximum absolute atomic E-state index is 14.0. The van der Waals surface area contributed by atoms with Crippen LogP contribution < -0.4 is 0 Å². The van der Waals surface area contributed by atoms with E-state index >= 15 is 0 Å². The lowest BCUT2D eigenvalue weighted by atomic mass is 9.63. The molecule has 6 heteroatoms. The largest absolute Gasteiger partial charge is 0.278 e. The minimum Gasteiger partial charge on any atom is -0.278 e. The van der Waals surface area contributed by atoms with Gasteiger partial charge in [0.2, 0.25) is 5.95 Å². The molecule has 0 atom stereocenters. The van der Waals surface area contributed by atoms with Crippen molar-refractivity contribution < 1.29 is 8.78 Å². The molecule has 11 rings (SSSR count). The molecule has 0 amide bonds. The molecule has 50 heavy (non-hydrogen) atoms. The Balaban J connectivity index is 1.29. The second-order valence-electron chi connectivity index (χ2n) is 13.0. The number of benzene rings is 7. The van der Waals surface area contributed by atoms with Gasteiger partial charge in [-0.1, -0.05) is 84.9 Å². The Kier molecular flexibility index (Phi) is 5.36. The summed E-state index contributed by atoms with van der Waals surface area (Å²) in [6.45, 7) is 0. The summed E-state index contributed by atoms with van der Waals surface area (Å²) >= 11 is 0. The molecule has 0 unspecified atom stereocenters. The SMILES string of the molecule is Fc1ccc(-c2nc(-c3ccc(F)cc3)nc(-n3c4cccc5c4c4c6c(cccc6ccc43)C53c4ccccc4-c4ccccc43)n2)cc1. The van der Waals surface area contributed by atoms with Crippen molar-refractivity contribution in [2.45, 2.75) is 5.41 Å². The average Bonchev–Trinajstić information content (AvgIpc) is 3.66. The van der Waals surface area contributed by atoms with E-state index in [9.17, 15) is 8.78 Å². The number of aromatic nitrogens is 4. The lowest BCUT2D eigenvalue weighted by Gasteiger charge is -2.37. The summed E-state index contributed by atoms with van der Waals surface area (Å²) in [7, 11) is 0. The van der Waals surface area contributed by atoms with Crippen LogP contribution in [0.4, 0.5) is 8.78 Å². The summed E-state index contributed by atoms with van der Waals surface area (Å²) in [5.74, 6) is 0.526. The van der Waals surface area contributed by atoms with E-state index in [-0.39, 0.29) is 11.6 Å². The van der Waals surface area contributed by atoms with Crippen molar-refractivity contribution >= 4 is 32.6 Å². The summed E-state index contributed by atoms with van der Waals surface area (Å²) in [4.78, 5) is 14.9. The molecule has 1 spiro atoms. The highest BCUT2D eigenvalue weighted by Crippen LogP contribution is 2.61. The predicted octanol–water partition coefficient (Wildman–Crippen LogP) is 10.4. The van der Waals surface area contributed by atoms with Gasteiger partial charge in [-0.25, -0.2) is 13.8 Å². The standard InChI is InChI=1S/C44H24F2N4/c45-28-20-15-26(16-21-28)41-47-42(27-17-22-29(46)23-18-27)49-43(48-41)50-36-14-6-13-35-39(36)40-37(50)24-19-25-7-5-12-34(38(25)40)44(35)32-10-3-1-8-30(32)31-9-2-4-11-33(31)44/h1-24H. The zero-order chi connectivity index (χ0) is 33.1. The van der Waals surface area contributed by atoms with Crippen molar-refractivity contribution in [3.8, 4) is 39.9 Å². The van der Waals surface area contributed by atoms with Crippen LogP contribution in [0.5, 0.6) is 0 Å². The van der Waals surface area contributed by atoms with E-state index < -0.39 is 5.41 Å². The minimum atomic E-state index is -0.530. The Hall–Kier alpha value is -6.53. The van der Waals surface area contributed by atoms with Gasteiger partial charge in [0.1, 0.15) is 11.6 Å². The maximum atomic E-state index is 14.0. The molecule has 7 aromatic carbocycles. The van der Waals surface area contributed by atoms with Gasteiger partial charge in [0, 0.05) is 21.9 Å². The fourth-order valence-electron chi connectivity index (χ4n) is 8.65. The molecule has 0 fully saturated rings. The molecule has 0 bridgehead atoms. The molecule has 2 aromatic heterocycles. The summed E-state index contributed by atoms with van der Waals surface area (Å²) in [6, 6.07) is 47.4. The highest BCUT2D eigenvalue weighted by atomic mass is 19.1. The van der Waals surface area contributed by atoms with Crippen LogP contribution in [0.3, 0.4) is 0 Å². The minimum absolute atomic E-state index is 0.346. The van der Waals surface area contributed by atoms with Crippen LogP contribution in [0, 0.1) is 11.6 Å². The Morgan fingerprint density at radius 2 is 0.940 bits per heavy atom. The number of fused-ring (bicyclic) bond motifs is 7. The van der Waals surface area contributed by atoms with Gasteiger partial charge in [-0.15, -0.1) is 0 Å². The number of halogens is 2. The van der Waals surface area contributed by atoms with Gasteiger partial charge in [-0.05, 0) is 105 Å². The molecule has 0 saturated carbocycles. The Labute approximate surface area is 285 Å². The van der Waals surface area contributed by atoms with E-state index in [4.69, 9.17) is 15.0 Å². The summed E-state index contributed by atoms with van der Waals surface area (Å²) in [6.07, 6.45) is 0. The van der Waals surface area contributed by atoms with Gasteiger partial charge in [-0.2, -0.15) is 9.97 Å². The molecule has 9 aromatic rings. The van der Waals surface area contributed by atoms with E-state index in [2.05, 4.69) is 102 Å². The molecule has 2 aliphatic carbocycles. The smallest absolute Gasteiger partial charge is 0.238 e. The van der Waals surface area contributed by atoms with Gasteiger partial charge in [-0.3, -0.25) is 4.57 Å². The first-order valence-corrected chi connectivity index (χ1v) is 16.6. The first-order chi connectivity index (χ1) is 24.6. The molecule has 0 aliphatic heterocycles. The highest BCUT2D eigenvalue weighted by Gasteiger charge is 2.50. The number of rotatable bonds is 3. The fourth-order valence-corrected chi connectivity index (χ4v) is 8.65. The van der Waals surface area contributed by atoms with Gasteiger partial charge >= 0.3 is 0 Å². The first-order valence-electron chi connectivity index (χ1n) is 16.6. The van der Waals surface area contributed by atoms with Crippen molar-refractivity contribution in [3.05, 3.63) is 179 Å². The quantitative estimate of drug-likeness (QED) is 0.192. The van der Waals surface area contributed by atoms with E-state index in [1.165, 1.54) is 68.4 Å². The molecular weight excluding hydrogens is 623 g/mol. The van der Waals surface area contributed by atoms with Gasteiger partial charge in [0.05, 0.1) is 16.4 Å². The Morgan fingerprint density at radius 3 is 1.56 bits per heavy atom. The fraction of sp³-hybridized carbons (Fsp3) is 0.0227. The summed E-state index contributed by atoms with van der Waals surface area (Å²) in [5, 5.41) is 4.69. The first kappa shape index (κ1) is 27.4. The molecular formula is C44H24F2N4.